The molecule has 0 unspecified atom stereocenters. The summed E-state index contributed by atoms with van der Waals surface area (Å²) in [5.74, 6) is 1.54. The average Bonchev–Trinajstić information content (AvgIpc) is 3.13. The van der Waals surface area contributed by atoms with Crippen LogP contribution in [0.1, 0.15) is 35.6 Å². The fraction of sp³-hybridized carbons (Fsp3) is 0.381. The third kappa shape index (κ3) is 3.53. The summed E-state index contributed by atoms with van der Waals surface area (Å²) in [6.07, 6.45) is 3.41. The van der Waals surface area contributed by atoms with Crippen LogP contribution < -0.4 is 14.8 Å². The number of likely N-dealkylation sites (N-methyl/N-ethyl adjacent to an activating group) is 1. The normalized spacial score (nSPS) is 17.8. The largest absolute Gasteiger partial charge is 0.454 e. The number of amides is 1. The lowest BCUT2D eigenvalue weighted by Crippen LogP contribution is -2.37. The molecule has 1 amide bonds. The first-order chi connectivity index (χ1) is 12.7. The lowest BCUT2D eigenvalue weighted by molar-refractivity contribution is -0.122. The van der Waals surface area contributed by atoms with Crippen LogP contribution in [0.4, 0.5) is 0 Å². The maximum absolute atomic E-state index is 12.4. The number of hydrogen-bond acceptors (Lipinski definition) is 4. The van der Waals surface area contributed by atoms with Crippen molar-refractivity contribution in [1.29, 1.82) is 0 Å². The number of benzene rings is 2. The summed E-state index contributed by atoms with van der Waals surface area (Å²) in [5.41, 5.74) is 3.79. The molecule has 5 nitrogen and oxygen atoms in total. The monoisotopic (exact) mass is 352 g/mol. The molecule has 26 heavy (non-hydrogen) atoms. The fourth-order valence-corrected chi connectivity index (χ4v) is 3.83. The van der Waals surface area contributed by atoms with Gasteiger partial charge in [-0.25, -0.2) is 0 Å². The Bertz CT molecular complexity index is 806. The van der Waals surface area contributed by atoms with Gasteiger partial charge in [0.15, 0.2) is 11.5 Å². The van der Waals surface area contributed by atoms with Crippen LogP contribution in [0.3, 0.4) is 0 Å². The standard InChI is InChI=1S/C21H24N2O3/c1-23(18-8-4-6-16-5-2-3-7-17(16)18)13-21(24)22-12-15-9-10-19-20(11-15)26-14-25-19/h2-3,5,7,9-11,18H,4,6,8,12-14H2,1H3,(H,22,24)/t18-/m0/s1. The van der Waals surface area contributed by atoms with Crippen molar-refractivity contribution in [2.24, 2.45) is 0 Å². The van der Waals surface area contributed by atoms with Crippen LogP contribution in [0.25, 0.3) is 0 Å². The third-order valence-electron chi connectivity index (χ3n) is 5.19. The SMILES string of the molecule is CN(CC(=O)NCc1ccc2c(c1)OCO2)[C@H]1CCCc2ccccc21. The molecular formula is C21H24N2O3. The molecule has 2 aromatic carbocycles. The first-order valence-corrected chi connectivity index (χ1v) is 9.14. The molecule has 0 fully saturated rings. The van der Waals surface area contributed by atoms with Crippen LogP contribution in [0, 0.1) is 0 Å². The number of nitrogens with zero attached hydrogens (tertiary/aromatic N) is 1. The van der Waals surface area contributed by atoms with Crippen molar-refractivity contribution in [3.8, 4) is 11.5 Å². The van der Waals surface area contributed by atoms with Gasteiger partial charge in [-0.3, -0.25) is 9.69 Å². The number of hydrogen-bond donors (Lipinski definition) is 1. The zero-order valence-corrected chi connectivity index (χ0v) is 15.0. The molecule has 0 aromatic heterocycles. The Hall–Kier alpha value is -2.53. The number of fused-ring (bicyclic) bond motifs is 2. The second-order valence-electron chi connectivity index (χ2n) is 6.99. The van der Waals surface area contributed by atoms with Crippen molar-refractivity contribution >= 4 is 5.91 Å². The molecule has 2 aliphatic rings. The quantitative estimate of drug-likeness (QED) is 0.899. The maximum atomic E-state index is 12.4. The van der Waals surface area contributed by atoms with Gasteiger partial charge in [-0.2, -0.15) is 0 Å². The molecule has 1 aliphatic carbocycles. The Balaban J connectivity index is 1.34. The highest BCUT2D eigenvalue weighted by Crippen LogP contribution is 2.33. The van der Waals surface area contributed by atoms with E-state index in [0.29, 0.717) is 19.1 Å². The highest BCUT2D eigenvalue weighted by Gasteiger charge is 2.24. The Morgan fingerprint density at radius 1 is 1.19 bits per heavy atom. The highest BCUT2D eigenvalue weighted by atomic mass is 16.7. The van der Waals surface area contributed by atoms with Gasteiger partial charge in [-0.1, -0.05) is 30.3 Å². The van der Waals surface area contributed by atoms with Crippen LogP contribution in [-0.2, 0) is 17.8 Å². The van der Waals surface area contributed by atoms with Crippen molar-refractivity contribution in [3.63, 3.8) is 0 Å². The minimum atomic E-state index is 0.0354. The molecule has 0 saturated carbocycles. The summed E-state index contributed by atoms with van der Waals surface area (Å²) in [7, 11) is 2.03. The van der Waals surface area contributed by atoms with Gasteiger partial charge in [-0.15, -0.1) is 0 Å². The number of aryl methyl sites for hydroxylation is 1. The van der Waals surface area contributed by atoms with Crippen molar-refractivity contribution < 1.29 is 14.3 Å². The van der Waals surface area contributed by atoms with E-state index in [4.69, 9.17) is 9.47 Å². The van der Waals surface area contributed by atoms with E-state index in [1.165, 1.54) is 17.5 Å². The summed E-state index contributed by atoms with van der Waals surface area (Å²) in [6.45, 7) is 1.15. The van der Waals surface area contributed by atoms with Crippen molar-refractivity contribution in [3.05, 3.63) is 59.2 Å². The van der Waals surface area contributed by atoms with E-state index >= 15 is 0 Å². The Morgan fingerprint density at radius 3 is 2.96 bits per heavy atom. The van der Waals surface area contributed by atoms with Crippen molar-refractivity contribution in [2.75, 3.05) is 20.4 Å². The van der Waals surface area contributed by atoms with Crippen LogP contribution in [0.5, 0.6) is 11.5 Å². The molecule has 0 saturated heterocycles. The van der Waals surface area contributed by atoms with Gasteiger partial charge in [-0.05, 0) is 55.1 Å². The third-order valence-corrected chi connectivity index (χ3v) is 5.19. The lowest BCUT2D eigenvalue weighted by atomic mass is 9.87. The molecular weight excluding hydrogens is 328 g/mol. The molecule has 4 rings (SSSR count). The number of nitrogens with one attached hydrogen (secondary N) is 1. The van der Waals surface area contributed by atoms with E-state index in [9.17, 15) is 4.79 Å². The fourth-order valence-electron chi connectivity index (χ4n) is 3.83. The molecule has 0 radical (unpaired) electrons. The van der Waals surface area contributed by atoms with E-state index in [-0.39, 0.29) is 12.7 Å². The van der Waals surface area contributed by atoms with Crippen LogP contribution >= 0.6 is 0 Å². The van der Waals surface area contributed by atoms with Gasteiger partial charge < -0.3 is 14.8 Å². The Morgan fingerprint density at radius 2 is 2.04 bits per heavy atom. The molecule has 1 N–H and O–H groups in total. The van der Waals surface area contributed by atoms with Crippen LogP contribution in [0.15, 0.2) is 42.5 Å². The predicted molar refractivity (Wildman–Crippen MR) is 99.2 cm³/mol. The first-order valence-electron chi connectivity index (χ1n) is 9.14. The predicted octanol–water partition coefficient (Wildman–Crippen LogP) is 3.04. The molecule has 5 heteroatoms. The molecule has 136 valence electrons. The van der Waals surface area contributed by atoms with Crippen LogP contribution in [0.2, 0.25) is 0 Å². The number of rotatable bonds is 5. The van der Waals surface area contributed by atoms with Gasteiger partial charge in [0.25, 0.3) is 0 Å². The van der Waals surface area contributed by atoms with E-state index in [0.717, 1.165) is 29.9 Å². The molecule has 1 heterocycles. The highest BCUT2D eigenvalue weighted by molar-refractivity contribution is 5.78. The van der Waals surface area contributed by atoms with Crippen molar-refractivity contribution in [1.82, 2.24) is 10.2 Å². The number of ether oxygens (including phenoxy) is 2. The first kappa shape index (κ1) is 16.9. The molecule has 0 bridgehead atoms. The van der Waals surface area contributed by atoms with Gasteiger partial charge in [0.2, 0.25) is 12.7 Å². The maximum Gasteiger partial charge on any atom is 0.234 e. The number of carbonyl (C=O) groups is 1. The zero-order valence-electron chi connectivity index (χ0n) is 15.0. The molecule has 2 aromatic rings. The molecule has 0 spiro atoms. The Labute approximate surface area is 153 Å². The minimum Gasteiger partial charge on any atom is -0.454 e. The molecule has 1 aliphatic heterocycles. The average molecular weight is 352 g/mol. The van der Waals surface area contributed by atoms with E-state index in [2.05, 4.69) is 34.5 Å². The van der Waals surface area contributed by atoms with Gasteiger partial charge in [0, 0.05) is 12.6 Å². The summed E-state index contributed by atoms with van der Waals surface area (Å²) < 4.78 is 10.7. The summed E-state index contributed by atoms with van der Waals surface area (Å²) in [6, 6.07) is 14.7. The number of carbonyl (C=O) groups excluding carboxylic acids is 1. The summed E-state index contributed by atoms with van der Waals surface area (Å²) in [5, 5.41) is 3.01. The zero-order chi connectivity index (χ0) is 17.9. The summed E-state index contributed by atoms with van der Waals surface area (Å²) >= 11 is 0. The van der Waals surface area contributed by atoms with Crippen molar-refractivity contribution in [2.45, 2.75) is 31.8 Å². The van der Waals surface area contributed by atoms with Gasteiger partial charge >= 0.3 is 0 Å². The lowest BCUT2D eigenvalue weighted by Gasteiger charge is -2.32. The topological polar surface area (TPSA) is 50.8 Å². The molecule has 1 atom stereocenters. The van der Waals surface area contributed by atoms with E-state index in [1.807, 2.05) is 25.2 Å². The smallest absolute Gasteiger partial charge is 0.234 e. The second kappa shape index (κ2) is 7.38. The second-order valence-corrected chi connectivity index (χ2v) is 6.99. The Kier molecular flexibility index (Phi) is 4.80. The van der Waals surface area contributed by atoms with E-state index < -0.39 is 0 Å². The van der Waals surface area contributed by atoms with Crippen LogP contribution in [-0.4, -0.2) is 31.2 Å². The van der Waals surface area contributed by atoms with Gasteiger partial charge in [0.1, 0.15) is 0 Å². The summed E-state index contributed by atoms with van der Waals surface area (Å²) in [4.78, 5) is 14.6. The van der Waals surface area contributed by atoms with Gasteiger partial charge in [0.05, 0.1) is 6.54 Å². The van der Waals surface area contributed by atoms with E-state index in [1.54, 1.807) is 0 Å². The minimum absolute atomic E-state index is 0.0354.